The first kappa shape index (κ1) is 22.0. The van der Waals surface area contributed by atoms with Gasteiger partial charge in [0.05, 0.1) is 17.2 Å². The Morgan fingerprint density at radius 1 is 1.16 bits per heavy atom. The van der Waals surface area contributed by atoms with Crippen molar-refractivity contribution in [1.29, 1.82) is 5.26 Å². The summed E-state index contributed by atoms with van der Waals surface area (Å²) < 4.78 is 45.2. The van der Waals surface area contributed by atoms with Crippen LogP contribution in [-0.2, 0) is 15.8 Å². The Balaban J connectivity index is 1.75. The number of anilines is 1. The quantitative estimate of drug-likeness (QED) is 0.781. The predicted octanol–water partition coefficient (Wildman–Crippen LogP) is 2.16. The summed E-state index contributed by atoms with van der Waals surface area (Å²) >= 11 is 0. The number of carbonyl (C=O) groups is 2. The summed E-state index contributed by atoms with van der Waals surface area (Å²) in [6.07, 6.45) is -4.70. The molecule has 0 saturated carbocycles. The van der Waals surface area contributed by atoms with Crippen LogP contribution in [0, 0.1) is 11.3 Å². The Morgan fingerprint density at radius 2 is 1.87 bits per heavy atom. The number of primary amides is 1. The summed E-state index contributed by atoms with van der Waals surface area (Å²) in [5.74, 6) is -0.743. The van der Waals surface area contributed by atoms with E-state index in [0.29, 0.717) is 5.75 Å². The minimum atomic E-state index is -4.70. The van der Waals surface area contributed by atoms with Crippen molar-refractivity contribution < 1.29 is 27.5 Å². The highest BCUT2D eigenvalue weighted by molar-refractivity contribution is 5.88. The van der Waals surface area contributed by atoms with E-state index in [2.05, 4.69) is 0 Å². The van der Waals surface area contributed by atoms with Crippen LogP contribution in [0.2, 0.25) is 0 Å². The Bertz CT molecular complexity index is 1010. The summed E-state index contributed by atoms with van der Waals surface area (Å²) in [5, 5.41) is 8.95. The van der Waals surface area contributed by atoms with Crippen molar-refractivity contribution in [3.05, 3.63) is 59.7 Å². The number of halogens is 3. The summed E-state index contributed by atoms with van der Waals surface area (Å²) in [6.45, 7) is -0.117. The van der Waals surface area contributed by atoms with Crippen LogP contribution in [0.15, 0.2) is 48.5 Å². The van der Waals surface area contributed by atoms with Gasteiger partial charge in [-0.2, -0.15) is 18.4 Å². The fourth-order valence-corrected chi connectivity index (χ4v) is 3.37. The molecule has 1 atom stereocenters. The lowest BCUT2D eigenvalue weighted by Gasteiger charge is -2.41. The average Bonchev–Trinajstić information content (AvgIpc) is 2.76. The Kier molecular flexibility index (Phi) is 6.34. The Morgan fingerprint density at radius 3 is 2.48 bits per heavy atom. The molecule has 0 bridgehead atoms. The highest BCUT2D eigenvalue weighted by Gasteiger charge is 2.37. The van der Waals surface area contributed by atoms with Crippen molar-refractivity contribution in [1.82, 2.24) is 4.90 Å². The summed E-state index contributed by atoms with van der Waals surface area (Å²) in [4.78, 5) is 27.4. The number of carbonyl (C=O) groups excluding carboxylic acids is 2. The zero-order valence-electron chi connectivity index (χ0n) is 16.3. The van der Waals surface area contributed by atoms with Crippen molar-refractivity contribution in [2.45, 2.75) is 12.2 Å². The zero-order chi connectivity index (χ0) is 22.6. The van der Waals surface area contributed by atoms with Crippen LogP contribution in [0.5, 0.6) is 5.75 Å². The summed E-state index contributed by atoms with van der Waals surface area (Å²) in [7, 11) is 0. The van der Waals surface area contributed by atoms with Gasteiger partial charge >= 0.3 is 6.18 Å². The van der Waals surface area contributed by atoms with Gasteiger partial charge < -0.3 is 20.3 Å². The van der Waals surface area contributed by atoms with E-state index in [1.807, 2.05) is 0 Å². The van der Waals surface area contributed by atoms with Crippen molar-refractivity contribution in [2.24, 2.45) is 5.73 Å². The van der Waals surface area contributed by atoms with Crippen LogP contribution < -0.4 is 15.4 Å². The third-order valence-electron chi connectivity index (χ3n) is 4.93. The molecular formula is C21H19F3N4O3. The Labute approximate surface area is 176 Å². The molecule has 1 unspecified atom stereocenters. The van der Waals surface area contributed by atoms with Crippen LogP contribution in [0.3, 0.4) is 0 Å². The Hall–Kier alpha value is -3.74. The molecule has 10 heteroatoms. The van der Waals surface area contributed by atoms with E-state index in [1.165, 1.54) is 21.9 Å². The van der Waals surface area contributed by atoms with Crippen molar-refractivity contribution in [2.75, 3.05) is 31.1 Å². The number of benzene rings is 2. The van der Waals surface area contributed by atoms with E-state index < -0.39 is 35.2 Å². The normalized spacial score (nSPS) is 16.5. The van der Waals surface area contributed by atoms with E-state index in [-0.39, 0.29) is 31.9 Å². The van der Waals surface area contributed by atoms with Gasteiger partial charge in [0.2, 0.25) is 5.91 Å². The van der Waals surface area contributed by atoms with Gasteiger partial charge in [-0.25, -0.2) is 0 Å². The predicted molar refractivity (Wildman–Crippen MR) is 105 cm³/mol. The van der Waals surface area contributed by atoms with Gasteiger partial charge in [-0.05, 0) is 30.3 Å². The largest absolute Gasteiger partial charge is 0.484 e. The molecule has 2 aromatic carbocycles. The fourth-order valence-electron chi connectivity index (χ4n) is 3.37. The second kappa shape index (κ2) is 8.95. The zero-order valence-corrected chi connectivity index (χ0v) is 16.3. The molecule has 1 saturated heterocycles. The standard InChI is InChI=1S/C21H19F3N4O3/c22-21(23,24)17-10-15(7-6-14(17)11-25)27-8-9-28(18(12-27)20(26)30)19(29)13-31-16-4-2-1-3-5-16/h1-7,10,18H,8-9,12-13H2,(H2,26,30). The van der Waals surface area contributed by atoms with Gasteiger partial charge in [0, 0.05) is 25.3 Å². The summed E-state index contributed by atoms with van der Waals surface area (Å²) in [5.41, 5.74) is 4.10. The highest BCUT2D eigenvalue weighted by Crippen LogP contribution is 2.35. The minimum absolute atomic E-state index is 0.0738. The van der Waals surface area contributed by atoms with Gasteiger partial charge in [-0.15, -0.1) is 0 Å². The maximum atomic E-state index is 13.3. The van der Waals surface area contributed by atoms with Crippen LogP contribution in [0.25, 0.3) is 0 Å². The minimum Gasteiger partial charge on any atom is -0.484 e. The SMILES string of the molecule is N#Cc1ccc(N2CCN(C(=O)COc3ccccc3)C(C(N)=O)C2)cc1C(F)(F)F. The first-order valence-electron chi connectivity index (χ1n) is 9.33. The molecule has 1 heterocycles. The van der Waals surface area contributed by atoms with Crippen molar-refractivity contribution in [3.8, 4) is 11.8 Å². The molecule has 2 N–H and O–H groups in total. The summed E-state index contributed by atoms with van der Waals surface area (Å²) in [6, 6.07) is 12.5. The number of nitrogens with two attached hydrogens (primary N) is 1. The molecule has 0 aromatic heterocycles. The lowest BCUT2D eigenvalue weighted by Crippen LogP contribution is -2.60. The third-order valence-corrected chi connectivity index (χ3v) is 4.93. The number of hydrogen-bond acceptors (Lipinski definition) is 5. The van der Waals surface area contributed by atoms with Gasteiger partial charge in [-0.3, -0.25) is 9.59 Å². The van der Waals surface area contributed by atoms with E-state index >= 15 is 0 Å². The van der Waals surface area contributed by atoms with E-state index in [1.54, 1.807) is 30.3 Å². The lowest BCUT2D eigenvalue weighted by atomic mass is 10.0. The van der Waals surface area contributed by atoms with Crippen LogP contribution in [-0.4, -0.2) is 49.0 Å². The number of rotatable bonds is 5. The van der Waals surface area contributed by atoms with Crippen LogP contribution >= 0.6 is 0 Å². The number of alkyl halides is 3. The fraction of sp³-hybridized carbons (Fsp3) is 0.286. The second-order valence-electron chi connectivity index (χ2n) is 6.89. The van der Waals surface area contributed by atoms with E-state index in [0.717, 1.165) is 12.1 Å². The number of nitriles is 1. The van der Waals surface area contributed by atoms with Crippen LogP contribution in [0.1, 0.15) is 11.1 Å². The van der Waals surface area contributed by atoms with Crippen LogP contribution in [0.4, 0.5) is 18.9 Å². The second-order valence-corrected chi connectivity index (χ2v) is 6.89. The molecule has 2 amide bonds. The first-order chi connectivity index (χ1) is 14.7. The smallest absolute Gasteiger partial charge is 0.417 e. The van der Waals surface area contributed by atoms with Crippen molar-refractivity contribution in [3.63, 3.8) is 0 Å². The molecule has 1 fully saturated rings. The molecular weight excluding hydrogens is 413 g/mol. The lowest BCUT2D eigenvalue weighted by molar-refractivity contribution is -0.141. The van der Waals surface area contributed by atoms with Gasteiger partial charge in [0.15, 0.2) is 6.61 Å². The maximum absolute atomic E-state index is 13.3. The highest BCUT2D eigenvalue weighted by atomic mass is 19.4. The number of para-hydroxylation sites is 1. The first-order valence-corrected chi connectivity index (χ1v) is 9.33. The molecule has 162 valence electrons. The maximum Gasteiger partial charge on any atom is 0.417 e. The molecule has 0 spiro atoms. The molecule has 1 aliphatic heterocycles. The van der Waals surface area contributed by atoms with Gasteiger partial charge in [-0.1, -0.05) is 18.2 Å². The molecule has 0 aliphatic carbocycles. The molecule has 31 heavy (non-hydrogen) atoms. The number of nitrogens with zero attached hydrogens (tertiary/aromatic N) is 3. The van der Waals surface area contributed by atoms with Gasteiger partial charge in [0.1, 0.15) is 11.8 Å². The topological polar surface area (TPSA) is 99.7 Å². The van der Waals surface area contributed by atoms with Gasteiger partial charge in [0.25, 0.3) is 5.91 Å². The van der Waals surface area contributed by atoms with E-state index in [9.17, 15) is 22.8 Å². The third kappa shape index (κ3) is 5.06. The average molecular weight is 432 g/mol. The molecule has 0 radical (unpaired) electrons. The van der Waals surface area contributed by atoms with Crippen molar-refractivity contribution >= 4 is 17.5 Å². The number of piperazine rings is 1. The number of amides is 2. The molecule has 7 nitrogen and oxygen atoms in total. The van der Waals surface area contributed by atoms with E-state index in [4.69, 9.17) is 15.7 Å². The molecule has 1 aliphatic rings. The number of ether oxygens (including phenoxy) is 1. The molecule has 3 rings (SSSR count). The monoisotopic (exact) mass is 432 g/mol. The molecule has 2 aromatic rings. The number of hydrogen-bond donors (Lipinski definition) is 1.